The van der Waals surface area contributed by atoms with Gasteiger partial charge in [-0.15, -0.1) is 5.10 Å². The maximum Gasteiger partial charge on any atom is 0.281 e. The van der Waals surface area contributed by atoms with Gasteiger partial charge in [0, 0.05) is 12.5 Å². The molecule has 5 rings (SSSR count). The summed E-state index contributed by atoms with van der Waals surface area (Å²) in [4.78, 5) is 13.1. The molecule has 0 spiro atoms. The standard InChI is InChI=1S/C23H20N6O4/c1-31-18-9-7-16(8-10-18)20-13-21(22-6-3-11-32-22)29(25-20)23(30)14-33-19-5-2-4-17(12-19)28-15-24-26-27-28/h2-12,15,21H,13-14H2,1H3. The molecule has 33 heavy (non-hydrogen) atoms. The molecule has 0 fully saturated rings. The highest BCUT2D eigenvalue weighted by Gasteiger charge is 2.35. The van der Waals surface area contributed by atoms with Gasteiger partial charge < -0.3 is 13.9 Å². The Hall–Kier alpha value is -4.47. The molecule has 0 saturated heterocycles. The van der Waals surface area contributed by atoms with Gasteiger partial charge in [0.25, 0.3) is 5.91 Å². The van der Waals surface area contributed by atoms with Crippen LogP contribution in [0.1, 0.15) is 23.8 Å². The van der Waals surface area contributed by atoms with E-state index in [-0.39, 0.29) is 18.6 Å². The summed E-state index contributed by atoms with van der Waals surface area (Å²) in [6.07, 6.45) is 3.60. The number of rotatable bonds is 7. The van der Waals surface area contributed by atoms with E-state index in [1.807, 2.05) is 36.4 Å². The van der Waals surface area contributed by atoms with Crippen LogP contribution in [0, 0.1) is 0 Å². The number of aromatic nitrogens is 4. The highest BCUT2D eigenvalue weighted by Crippen LogP contribution is 2.33. The van der Waals surface area contributed by atoms with Gasteiger partial charge in [-0.2, -0.15) is 5.10 Å². The number of hydrogen-bond acceptors (Lipinski definition) is 8. The lowest BCUT2D eigenvalue weighted by molar-refractivity contribution is -0.135. The first-order chi connectivity index (χ1) is 16.2. The first kappa shape index (κ1) is 20.4. The van der Waals surface area contributed by atoms with E-state index >= 15 is 0 Å². The molecule has 1 aliphatic rings. The summed E-state index contributed by atoms with van der Waals surface area (Å²) >= 11 is 0. The molecule has 2 aromatic heterocycles. The first-order valence-corrected chi connectivity index (χ1v) is 10.2. The number of amides is 1. The summed E-state index contributed by atoms with van der Waals surface area (Å²) in [7, 11) is 1.62. The number of carbonyl (C=O) groups excluding carboxylic acids is 1. The predicted octanol–water partition coefficient (Wildman–Crippen LogP) is 3.02. The highest BCUT2D eigenvalue weighted by atomic mass is 16.5. The van der Waals surface area contributed by atoms with Crippen molar-refractivity contribution in [2.24, 2.45) is 5.10 Å². The summed E-state index contributed by atoms with van der Waals surface area (Å²) in [5.41, 5.74) is 2.42. The third-order valence-corrected chi connectivity index (χ3v) is 5.25. The molecule has 1 unspecified atom stereocenters. The van der Waals surface area contributed by atoms with Gasteiger partial charge in [0.2, 0.25) is 0 Å². The van der Waals surface area contributed by atoms with E-state index in [2.05, 4.69) is 20.6 Å². The third-order valence-electron chi connectivity index (χ3n) is 5.25. The molecule has 1 aliphatic heterocycles. The van der Waals surface area contributed by atoms with Crippen molar-refractivity contribution < 1.29 is 18.7 Å². The Morgan fingerprint density at radius 3 is 2.73 bits per heavy atom. The Bertz CT molecular complexity index is 1250. The van der Waals surface area contributed by atoms with Crippen LogP contribution in [0.3, 0.4) is 0 Å². The second kappa shape index (κ2) is 8.95. The first-order valence-electron chi connectivity index (χ1n) is 10.2. The minimum Gasteiger partial charge on any atom is -0.497 e. The van der Waals surface area contributed by atoms with Gasteiger partial charge in [-0.3, -0.25) is 4.79 Å². The van der Waals surface area contributed by atoms with Crippen LogP contribution < -0.4 is 9.47 Å². The Kier molecular flexibility index (Phi) is 5.54. The summed E-state index contributed by atoms with van der Waals surface area (Å²) in [6.45, 7) is -0.185. The number of carbonyl (C=O) groups is 1. The van der Waals surface area contributed by atoms with Crippen LogP contribution in [-0.4, -0.2) is 50.6 Å². The second-order valence-electron chi connectivity index (χ2n) is 7.29. The van der Waals surface area contributed by atoms with E-state index in [1.54, 1.807) is 37.6 Å². The molecule has 1 atom stereocenters. The lowest BCUT2D eigenvalue weighted by Gasteiger charge is -2.20. The van der Waals surface area contributed by atoms with Gasteiger partial charge in [0.05, 0.1) is 24.8 Å². The average Bonchev–Trinajstić information content (AvgIpc) is 3.64. The molecule has 2 aromatic carbocycles. The lowest BCUT2D eigenvalue weighted by Crippen LogP contribution is -2.31. The SMILES string of the molecule is COc1ccc(C2=NN(C(=O)COc3cccc(-n4cnnn4)c3)C(c3ccco3)C2)cc1. The molecular weight excluding hydrogens is 424 g/mol. The molecular formula is C23H20N6O4. The van der Waals surface area contributed by atoms with Crippen LogP contribution in [0.2, 0.25) is 0 Å². The minimum absolute atomic E-state index is 0.185. The Labute approximate surface area is 189 Å². The van der Waals surface area contributed by atoms with E-state index in [9.17, 15) is 4.79 Å². The highest BCUT2D eigenvalue weighted by molar-refractivity contribution is 6.03. The predicted molar refractivity (Wildman–Crippen MR) is 117 cm³/mol. The van der Waals surface area contributed by atoms with Gasteiger partial charge in [-0.25, -0.2) is 9.69 Å². The summed E-state index contributed by atoms with van der Waals surface area (Å²) in [6, 6.07) is 18.0. The van der Waals surface area contributed by atoms with Crippen molar-refractivity contribution in [3.63, 3.8) is 0 Å². The molecule has 1 amide bonds. The minimum atomic E-state index is -0.347. The molecule has 4 aromatic rings. The maximum atomic E-state index is 13.1. The van der Waals surface area contributed by atoms with Crippen molar-refractivity contribution in [2.45, 2.75) is 12.5 Å². The molecule has 166 valence electrons. The van der Waals surface area contributed by atoms with Crippen molar-refractivity contribution in [1.82, 2.24) is 25.2 Å². The van der Waals surface area contributed by atoms with Crippen LogP contribution in [0.4, 0.5) is 0 Å². The van der Waals surface area contributed by atoms with E-state index in [1.165, 1.54) is 16.0 Å². The van der Waals surface area contributed by atoms with E-state index in [4.69, 9.17) is 13.9 Å². The average molecular weight is 444 g/mol. The topological polar surface area (TPSA) is 108 Å². The second-order valence-corrected chi connectivity index (χ2v) is 7.29. The number of tetrazole rings is 1. The van der Waals surface area contributed by atoms with Crippen LogP contribution in [0.25, 0.3) is 5.69 Å². The van der Waals surface area contributed by atoms with Crippen molar-refractivity contribution in [3.05, 3.63) is 84.6 Å². The van der Waals surface area contributed by atoms with Gasteiger partial charge in [0.15, 0.2) is 6.61 Å². The number of hydrazone groups is 1. The molecule has 0 bridgehead atoms. The third kappa shape index (κ3) is 4.31. The molecule has 3 heterocycles. The molecule has 0 aliphatic carbocycles. The smallest absolute Gasteiger partial charge is 0.281 e. The van der Waals surface area contributed by atoms with E-state index < -0.39 is 0 Å². The number of ether oxygens (including phenoxy) is 2. The van der Waals surface area contributed by atoms with E-state index in [0.717, 1.165) is 22.7 Å². The van der Waals surface area contributed by atoms with Crippen LogP contribution >= 0.6 is 0 Å². The van der Waals surface area contributed by atoms with Gasteiger partial charge in [-0.1, -0.05) is 6.07 Å². The Balaban J connectivity index is 1.34. The summed E-state index contributed by atoms with van der Waals surface area (Å²) < 4.78 is 18.1. The normalized spacial score (nSPS) is 15.4. The van der Waals surface area contributed by atoms with Crippen molar-refractivity contribution in [1.29, 1.82) is 0 Å². The molecule has 10 nitrogen and oxygen atoms in total. The number of benzene rings is 2. The number of methoxy groups -OCH3 is 1. The van der Waals surface area contributed by atoms with Gasteiger partial charge >= 0.3 is 0 Å². The largest absolute Gasteiger partial charge is 0.497 e. The molecule has 0 radical (unpaired) electrons. The van der Waals surface area contributed by atoms with Crippen LogP contribution in [0.5, 0.6) is 11.5 Å². The van der Waals surface area contributed by atoms with Gasteiger partial charge in [-0.05, 0) is 64.5 Å². The fourth-order valence-electron chi connectivity index (χ4n) is 3.61. The fraction of sp³-hybridized carbons (Fsp3) is 0.174. The number of nitrogens with zero attached hydrogens (tertiary/aromatic N) is 6. The molecule has 10 heteroatoms. The summed E-state index contributed by atoms with van der Waals surface area (Å²) in [5.74, 6) is 1.65. The quantitative estimate of drug-likeness (QED) is 0.431. The Morgan fingerprint density at radius 1 is 1.12 bits per heavy atom. The number of furan rings is 1. The van der Waals surface area contributed by atoms with E-state index in [0.29, 0.717) is 17.9 Å². The monoisotopic (exact) mass is 444 g/mol. The fourth-order valence-corrected chi connectivity index (χ4v) is 3.61. The zero-order valence-corrected chi connectivity index (χ0v) is 17.7. The Morgan fingerprint density at radius 2 is 2.00 bits per heavy atom. The zero-order chi connectivity index (χ0) is 22.6. The van der Waals surface area contributed by atoms with Crippen molar-refractivity contribution in [2.75, 3.05) is 13.7 Å². The zero-order valence-electron chi connectivity index (χ0n) is 17.7. The van der Waals surface area contributed by atoms with Crippen molar-refractivity contribution >= 4 is 11.6 Å². The van der Waals surface area contributed by atoms with Crippen LogP contribution in [-0.2, 0) is 4.79 Å². The maximum absolute atomic E-state index is 13.1. The molecule has 0 N–H and O–H groups in total. The lowest BCUT2D eigenvalue weighted by atomic mass is 10.0. The molecule has 0 saturated carbocycles. The van der Waals surface area contributed by atoms with Crippen molar-refractivity contribution in [3.8, 4) is 17.2 Å². The van der Waals surface area contributed by atoms with Gasteiger partial charge in [0.1, 0.15) is 29.6 Å². The number of hydrogen-bond donors (Lipinski definition) is 0. The summed E-state index contributed by atoms with van der Waals surface area (Å²) in [5, 5.41) is 17.2. The van der Waals surface area contributed by atoms with Crippen LogP contribution in [0.15, 0.2) is 82.8 Å².